The van der Waals surface area contributed by atoms with Crippen molar-refractivity contribution in [1.29, 1.82) is 0 Å². The van der Waals surface area contributed by atoms with Gasteiger partial charge in [-0.3, -0.25) is 9.69 Å². The second-order valence-corrected chi connectivity index (χ2v) is 9.61. The predicted molar refractivity (Wildman–Crippen MR) is 124 cm³/mol. The van der Waals surface area contributed by atoms with Crippen LogP contribution < -0.4 is 10.6 Å². The summed E-state index contributed by atoms with van der Waals surface area (Å²) < 4.78 is 44.5. The molecule has 34 heavy (non-hydrogen) atoms. The zero-order valence-electron chi connectivity index (χ0n) is 19.9. The van der Waals surface area contributed by atoms with Gasteiger partial charge < -0.3 is 15.4 Å². The lowest BCUT2D eigenvalue weighted by atomic mass is 9.77. The molecule has 1 aromatic rings. The van der Waals surface area contributed by atoms with Crippen LogP contribution in [0.1, 0.15) is 51.5 Å². The number of benzene rings is 1. The fourth-order valence-corrected chi connectivity index (χ4v) is 4.76. The Kier molecular flexibility index (Phi) is 8.28. The third kappa shape index (κ3) is 6.74. The number of nitrogens with zero attached hydrogens (tertiary/aromatic N) is 2. The lowest BCUT2D eigenvalue weighted by Gasteiger charge is -2.39. The van der Waals surface area contributed by atoms with Crippen molar-refractivity contribution in [1.82, 2.24) is 4.90 Å². The highest BCUT2D eigenvalue weighted by molar-refractivity contribution is 5.90. The summed E-state index contributed by atoms with van der Waals surface area (Å²) in [5, 5.41) is 0. The number of allylic oxidation sites excluding steroid dienone is 1. The Morgan fingerprint density at radius 2 is 1.79 bits per heavy atom. The van der Waals surface area contributed by atoms with E-state index in [1.807, 2.05) is 4.90 Å². The van der Waals surface area contributed by atoms with Crippen LogP contribution in [0.3, 0.4) is 0 Å². The number of halogens is 3. The molecule has 0 unspecified atom stereocenters. The van der Waals surface area contributed by atoms with Crippen molar-refractivity contribution in [3.05, 3.63) is 41.5 Å². The van der Waals surface area contributed by atoms with Crippen molar-refractivity contribution in [2.45, 2.75) is 57.7 Å². The average molecular weight is 482 g/mol. The lowest BCUT2D eigenvalue weighted by molar-refractivity contribution is -0.167. The van der Waals surface area contributed by atoms with E-state index in [9.17, 15) is 22.8 Å². The van der Waals surface area contributed by atoms with Crippen LogP contribution in [-0.2, 0) is 20.5 Å². The number of nitrogens with two attached hydrogens (primary N) is 1. The van der Waals surface area contributed by atoms with Gasteiger partial charge in [-0.15, -0.1) is 0 Å². The van der Waals surface area contributed by atoms with E-state index in [0.29, 0.717) is 37.5 Å². The van der Waals surface area contributed by atoms with Crippen molar-refractivity contribution in [3.8, 4) is 0 Å². The summed E-state index contributed by atoms with van der Waals surface area (Å²) in [5.41, 5.74) is 5.15. The summed E-state index contributed by atoms with van der Waals surface area (Å²) in [7, 11) is 0. The maximum absolute atomic E-state index is 13.0. The zero-order chi connectivity index (χ0) is 24.9. The summed E-state index contributed by atoms with van der Waals surface area (Å²) >= 11 is 0. The number of esters is 1. The Morgan fingerprint density at radius 1 is 1.15 bits per heavy atom. The van der Waals surface area contributed by atoms with Gasteiger partial charge in [-0.05, 0) is 76.6 Å². The highest BCUT2D eigenvalue weighted by Crippen LogP contribution is 2.37. The number of primary amides is 1. The number of rotatable bonds is 7. The molecule has 1 aliphatic heterocycles. The quantitative estimate of drug-likeness (QED) is 0.468. The first-order valence-electron chi connectivity index (χ1n) is 11.8. The molecule has 2 N–H and O–H groups in total. The maximum atomic E-state index is 13.0. The van der Waals surface area contributed by atoms with Gasteiger partial charge in [0.25, 0.3) is 5.91 Å². The van der Waals surface area contributed by atoms with Crippen LogP contribution in [0.15, 0.2) is 35.9 Å². The highest BCUT2D eigenvalue weighted by atomic mass is 19.4. The third-order valence-electron chi connectivity index (χ3n) is 6.83. The van der Waals surface area contributed by atoms with Crippen LogP contribution in [0.4, 0.5) is 18.9 Å². The van der Waals surface area contributed by atoms with Crippen molar-refractivity contribution < 1.29 is 27.5 Å². The smallest absolute Gasteiger partial charge is 0.416 e. The van der Waals surface area contributed by atoms with E-state index in [4.69, 9.17) is 10.5 Å². The molecule has 188 valence electrons. The number of alkyl halides is 3. The molecule has 1 aromatic carbocycles. The molecular formula is C25H34F3N3O3. The van der Waals surface area contributed by atoms with E-state index in [1.54, 1.807) is 19.9 Å². The van der Waals surface area contributed by atoms with Crippen LogP contribution in [0.25, 0.3) is 0 Å². The predicted octanol–water partition coefficient (Wildman–Crippen LogP) is 4.14. The van der Waals surface area contributed by atoms with Gasteiger partial charge in [-0.2, -0.15) is 13.2 Å². The molecule has 1 amide bonds. The first-order valence-corrected chi connectivity index (χ1v) is 11.8. The van der Waals surface area contributed by atoms with Crippen molar-refractivity contribution >= 4 is 17.6 Å². The molecule has 0 atom stereocenters. The van der Waals surface area contributed by atoms with Gasteiger partial charge >= 0.3 is 12.1 Å². The highest BCUT2D eigenvalue weighted by Gasteiger charge is 2.43. The average Bonchev–Trinajstić information content (AvgIpc) is 2.78. The SMILES string of the molecule is CC(C)=CC(=O)OC1(C(N)=O)CCC(CCN2CCN(c3cccc(C(F)(F)F)c3)CC2)CC1. The number of hydrogen-bond acceptors (Lipinski definition) is 5. The molecule has 0 radical (unpaired) electrons. The number of carbonyl (C=O) groups excluding carboxylic acids is 2. The minimum absolute atomic E-state index is 0.413. The van der Waals surface area contributed by atoms with E-state index in [2.05, 4.69) is 4.90 Å². The van der Waals surface area contributed by atoms with Crippen molar-refractivity contribution in [2.75, 3.05) is 37.6 Å². The van der Waals surface area contributed by atoms with Crippen LogP contribution in [0.2, 0.25) is 0 Å². The minimum Gasteiger partial charge on any atom is -0.446 e. The number of hydrogen-bond donors (Lipinski definition) is 1. The Labute approximate surface area is 198 Å². The third-order valence-corrected chi connectivity index (χ3v) is 6.83. The number of carbonyl (C=O) groups is 2. The first kappa shape index (κ1) is 26.1. The standard InChI is InChI=1S/C25H34F3N3O3/c1-18(2)16-22(32)34-24(23(29)33)9-6-19(7-10-24)8-11-30-12-14-31(15-13-30)21-5-3-4-20(17-21)25(26,27)28/h3-5,16-17,19H,6-15H2,1-2H3,(H2,29,33). The Balaban J connectivity index is 1.45. The summed E-state index contributed by atoms with van der Waals surface area (Å²) in [5.74, 6) is -0.709. The molecule has 1 aliphatic carbocycles. The number of ether oxygens (including phenoxy) is 1. The molecule has 1 saturated heterocycles. The molecule has 9 heteroatoms. The summed E-state index contributed by atoms with van der Waals surface area (Å²) in [6.07, 6.45) is 0.367. The van der Waals surface area contributed by atoms with Crippen LogP contribution in [0.5, 0.6) is 0 Å². The maximum Gasteiger partial charge on any atom is 0.416 e. The van der Waals surface area contributed by atoms with E-state index >= 15 is 0 Å². The second-order valence-electron chi connectivity index (χ2n) is 9.61. The number of amides is 1. The van der Waals surface area contributed by atoms with Crippen LogP contribution >= 0.6 is 0 Å². The Morgan fingerprint density at radius 3 is 2.35 bits per heavy atom. The summed E-state index contributed by atoms with van der Waals surface area (Å²) in [6.45, 7) is 7.39. The monoisotopic (exact) mass is 481 g/mol. The topological polar surface area (TPSA) is 75.9 Å². The van der Waals surface area contributed by atoms with Gasteiger partial charge in [-0.1, -0.05) is 11.6 Å². The van der Waals surface area contributed by atoms with Gasteiger partial charge in [0.15, 0.2) is 5.60 Å². The summed E-state index contributed by atoms with van der Waals surface area (Å²) in [4.78, 5) is 28.5. The fourth-order valence-electron chi connectivity index (χ4n) is 4.76. The van der Waals surface area contributed by atoms with Crippen LogP contribution in [-0.4, -0.2) is 55.1 Å². The zero-order valence-corrected chi connectivity index (χ0v) is 19.9. The molecule has 0 aromatic heterocycles. The van der Waals surface area contributed by atoms with Gasteiger partial charge in [0.05, 0.1) is 5.56 Å². The number of piperazine rings is 1. The summed E-state index contributed by atoms with van der Waals surface area (Å²) in [6, 6.07) is 5.49. The molecule has 3 rings (SSSR count). The number of anilines is 1. The van der Waals surface area contributed by atoms with Crippen LogP contribution in [0, 0.1) is 5.92 Å². The lowest BCUT2D eigenvalue weighted by Crippen LogP contribution is -2.50. The van der Waals surface area contributed by atoms with E-state index in [0.717, 1.165) is 50.5 Å². The molecular weight excluding hydrogens is 447 g/mol. The molecule has 2 fully saturated rings. The van der Waals surface area contributed by atoms with Gasteiger partial charge in [0.1, 0.15) is 0 Å². The van der Waals surface area contributed by atoms with Crippen molar-refractivity contribution in [3.63, 3.8) is 0 Å². The molecule has 1 heterocycles. The van der Waals surface area contributed by atoms with E-state index in [-0.39, 0.29) is 0 Å². The largest absolute Gasteiger partial charge is 0.446 e. The Hall–Kier alpha value is -2.55. The van der Waals surface area contributed by atoms with E-state index in [1.165, 1.54) is 18.2 Å². The Bertz CT molecular complexity index is 896. The minimum atomic E-state index is -4.34. The van der Waals surface area contributed by atoms with Gasteiger partial charge in [0.2, 0.25) is 0 Å². The molecule has 0 bridgehead atoms. The second kappa shape index (κ2) is 10.8. The molecule has 6 nitrogen and oxygen atoms in total. The molecule has 1 saturated carbocycles. The molecule has 0 spiro atoms. The van der Waals surface area contributed by atoms with E-state index < -0.39 is 29.2 Å². The first-order chi connectivity index (χ1) is 16.0. The van der Waals surface area contributed by atoms with Gasteiger partial charge in [0, 0.05) is 37.9 Å². The van der Waals surface area contributed by atoms with Gasteiger partial charge in [-0.25, -0.2) is 4.79 Å². The van der Waals surface area contributed by atoms with Crippen molar-refractivity contribution in [2.24, 2.45) is 11.7 Å². The fraction of sp³-hybridized carbons (Fsp3) is 0.600. The normalized spacial score (nSPS) is 23.9. The molecule has 2 aliphatic rings.